The molecule has 2 aromatic carbocycles. The number of likely N-dealkylation sites (tertiary alicyclic amines) is 1. The van der Waals surface area contributed by atoms with Crippen LogP contribution in [0.4, 0.5) is 13.2 Å². The number of benzene rings is 2. The van der Waals surface area contributed by atoms with Crippen LogP contribution in [0.15, 0.2) is 58.3 Å². The number of hydrogen-bond donors (Lipinski definition) is 1. The summed E-state index contributed by atoms with van der Waals surface area (Å²) >= 11 is 1.48. The molecule has 5 atom stereocenters. The molecule has 2 aliphatic carbocycles. The van der Waals surface area contributed by atoms with Gasteiger partial charge in [-0.05, 0) is 61.8 Å². The summed E-state index contributed by atoms with van der Waals surface area (Å²) in [5, 5.41) is 2.78. The minimum absolute atomic E-state index is 0.0127. The van der Waals surface area contributed by atoms with Crippen LogP contribution in [0.3, 0.4) is 0 Å². The van der Waals surface area contributed by atoms with Crippen LogP contribution in [0.2, 0.25) is 0 Å². The van der Waals surface area contributed by atoms with E-state index >= 15 is 0 Å². The van der Waals surface area contributed by atoms with Crippen molar-refractivity contribution in [2.75, 3.05) is 6.54 Å². The molecular weight excluding hydrogens is 820 g/mol. The highest BCUT2D eigenvalue weighted by Crippen LogP contribution is 2.58. The minimum atomic E-state index is -4.54. The number of fused-ring (bicyclic) bond motifs is 3. The third kappa shape index (κ3) is 8.14. The second-order valence-electron chi connectivity index (χ2n) is 16.6. The number of ketones is 1. The molecule has 1 N–H and O–H groups in total. The smallest absolute Gasteiger partial charge is 0.416 e. The Hall–Kier alpha value is -4.90. The molecule has 60 heavy (non-hydrogen) atoms. The second kappa shape index (κ2) is 15.9. The molecule has 0 radical (unpaired) electrons. The number of aryl methyl sites for hydroxylation is 1. The van der Waals surface area contributed by atoms with E-state index < -0.39 is 56.4 Å². The number of furan rings is 1. The fourth-order valence-corrected chi connectivity index (χ4v) is 10.7. The van der Waals surface area contributed by atoms with Gasteiger partial charge in [0.05, 0.1) is 39.5 Å². The molecule has 0 bridgehead atoms. The zero-order chi connectivity index (χ0) is 42.7. The maximum atomic E-state index is 14.8. The van der Waals surface area contributed by atoms with E-state index in [-0.39, 0.29) is 60.2 Å². The van der Waals surface area contributed by atoms with Crippen molar-refractivity contribution >= 4 is 61.0 Å². The Bertz CT molecular complexity index is 2570. The van der Waals surface area contributed by atoms with Crippen molar-refractivity contribution in [2.45, 2.75) is 103 Å². The molecule has 0 spiro atoms. The summed E-state index contributed by atoms with van der Waals surface area (Å²) in [6.07, 6.45) is -2.61. The van der Waals surface area contributed by atoms with Gasteiger partial charge in [-0.15, -0.1) is 11.3 Å². The van der Waals surface area contributed by atoms with Gasteiger partial charge in [0.25, 0.3) is 5.88 Å². The molecule has 1 aliphatic heterocycles. The number of Topliss-reactive ketones (excluding diaryl/α,β-unsaturated/α-hetero) is 1. The predicted octanol–water partition coefficient (Wildman–Crippen LogP) is 7.93. The lowest BCUT2D eigenvalue weighted by Gasteiger charge is -2.30. The summed E-state index contributed by atoms with van der Waals surface area (Å²) in [7, 11) is -3.87. The zero-order valence-corrected chi connectivity index (χ0v) is 35.3. The number of ether oxygens (including phenoxy) is 1. The van der Waals surface area contributed by atoms with Gasteiger partial charge in [-0.1, -0.05) is 58.4 Å². The number of nitrogens with one attached hydrogen (secondary N) is 1. The lowest BCUT2D eigenvalue weighted by Crippen LogP contribution is -2.47. The predicted molar refractivity (Wildman–Crippen MR) is 218 cm³/mol. The number of nitrogens with zero attached hydrogens (tertiary/aromatic N) is 4. The standard InChI is InChI=1S/C43H46F3N5O7S2/c1-5-25-19-42(25,41(54)50-60(55,56)29-15-16-29)20-33(52)32-17-28(21-51(32)40(53)31(23(3)4)18-35-47-27(6-2)22-59-35)57-39-37-36(30-9-7-8-10-34(30)58-37)48-38(49-39)24-11-13-26(14-12-24)43(44,45)46/h7-14,22-23,25,28-29,31-32H,5-6,15-21H2,1-4H3,(H,50,54)/t25-,28-,31+,32+,42-/m1/s1. The first-order chi connectivity index (χ1) is 28.5. The van der Waals surface area contributed by atoms with E-state index in [0.29, 0.717) is 54.2 Å². The van der Waals surface area contributed by atoms with Crippen molar-refractivity contribution < 1.29 is 45.1 Å². The van der Waals surface area contributed by atoms with Gasteiger partial charge >= 0.3 is 6.18 Å². The molecule has 12 nitrogen and oxygen atoms in total. The van der Waals surface area contributed by atoms with Crippen LogP contribution < -0.4 is 9.46 Å². The maximum Gasteiger partial charge on any atom is 0.416 e. The molecule has 2 saturated carbocycles. The van der Waals surface area contributed by atoms with Gasteiger partial charge < -0.3 is 14.1 Å². The molecule has 17 heteroatoms. The first-order valence-corrected chi connectivity index (χ1v) is 22.8. The van der Waals surface area contributed by atoms with Crippen LogP contribution in [0.5, 0.6) is 5.88 Å². The Morgan fingerprint density at radius 3 is 2.42 bits per heavy atom. The summed E-state index contributed by atoms with van der Waals surface area (Å²) in [6.45, 7) is 7.75. The monoisotopic (exact) mass is 865 g/mol. The Labute approximate surface area is 349 Å². The van der Waals surface area contributed by atoms with E-state index in [1.807, 2.05) is 33.1 Å². The highest BCUT2D eigenvalue weighted by atomic mass is 32.2. The molecule has 3 aliphatic rings. The van der Waals surface area contributed by atoms with E-state index in [9.17, 15) is 36.0 Å². The average molecular weight is 866 g/mol. The summed E-state index contributed by atoms with van der Waals surface area (Å²) in [5.74, 6) is -2.16. The lowest BCUT2D eigenvalue weighted by atomic mass is 9.89. The Morgan fingerprint density at radius 2 is 1.78 bits per heavy atom. The lowest BCUT2D eigenvalue weighted by molar-refractivity contribution is -0.143. The van der Waals surface area contributed by atoms with Gasteiger partial charge in [-0.2, -0.15) is 18.2 Å². The van der Waals surface area contributed by atoms with Gasteiger partial charge in [0.1, 0.15) is 17.2 Å². The van der Waals surface area contributed by atoms with E-state index in [1.54, 1.807) is 24.3 Å². The van der Waals surface area contributed by atoms with Crippen LogP contribution in [-0.2, 0) is 43.4 Å². The Kier molecular flexibility index (Phi) is 11.0. The molecule has 1 saturated heterocycles. The number of sulfonamides is 1. The molecule has 3 fully saturated rings. The SMILES string of the molecule is CCc1csc(C[C@H](C(=O)N2C[C@H](Oc3nc(-c4ccc(C(F)(F)F)cc4)nc4c3oc3ccccc34)C[C@H]2C(=O)C[C@]2(C(=O)NS(=O)(=O)C3CC3)C[C@H]2CC)C(C)C)n1. The molecule has 5 aromatic rings. The van der Waals surface area contributed by atoms with Crippen molar-refractivity contribution in [2.24, 2.45) is 23.2 Å². The number of thiazole rings is 1. The normalized spacial score (nSPS) is 22.4. The van der Waals surface area contributed by atoms with Gasteiger partial charge in [0.2, 0.25) is 27.4 Å². The van der Waals surface area contributed by atoms with E-state index in [2.05, 4.69) is 14.7 Å². The molecule has 3 aromatic heterocycles. The quantitative estimate of drug-likeness (QED) is 0.109. The first-order valence-electron chi connectivity index (χ1n) is 20.4. The highest BCUT2D eigenvalue weighted by Gasteiger charge is 2.61. The minimum Gasteiger partial charge on any atom is -0.470 e. The van der Waals surface area contributed by atoms with Crippen molar-refractivity contribution in [3.05, 3.63) is 70.2 Å². The highest BCUT2D eigenvalue weighted by molar-refractivity contribution is 7.90. The van der Waals surface area contributed by atoms with Gasteiger partial charge in [0.15, 0.2) is 11.6 Å². The van der Waals surface area contributed by atoms with Crippen LogP contribution in [-0.4, -0.2) is 69.8 Å². The van der Waals surface area contributed by atoms with Crippen LogP contribution in [0.25, 0.3) is 33.5 Å². The van der Waals surface area contributed by atoms with Crippen LogP contribution in [0.1, 0.15) is 82.5 Å². The Morgan fingerprint density at radius 1 is 1.05 bits per heavy atom. The molecule has 318 valence electrons. The number of hydrogen-bond acceptors (Lipinski definition) is 11. The number of carbonyl (C=O) groups excluding carboxylic acids is 3. The van der Waals surface area contributed by atoms with Gasteiger partial charge in [-0.3, -0.25) is 19.1 Å². The molecule has 4 heterocycles. The van der Waals surface area contributed by atoms with Gasteiger partial charge in [0, 0.05) is 41.5 Å². The summed E-state index contributed by atoms with van der Waals surface area (Å²) in [4.78, 5) is 58.7. The van der Waals surface area contributed by atoms with E-state index in [4.69, 9.17) is 14.1 Å². The molecular formula is C43H46F3N5O7S2. The molecule has 8 rings (SSSR count). The summed E-state index contributed by atoms with van der Waals surface area (Å²) < 4.78 is 81.1. The number of rotatable bonds is 15. The fourth-order valence-electron chi connectivity index (χ4n) is 8.40. The summed E-state index contributed by atoms with van der Waals surface area (Å²) in [5.41, 5.74) is 0.199. The number of alkyl halides is 3. The maximum absolute atomic E-state index is 14.8. The average Bonchev–Trinajstić information content (AvgIpc) is 4.05. The summed E-state index contributed by atoms with van der Waals surface area (Å²) in [6, 6.07) is 10.6. The number of para-hydroxylation sites is 1. The molecule has 0 unspecified atom stereocenters. The Balaban J connectivity index is 1.14. The van der Waals surface area contributed by atoms with Crippen LogP contribution >= 0.6 is 11.3 Å². The van der Waals surface area contributed by atoms with Crippen molar-refractivity contribution in [1.29, 1.82) is 0 Å². The van der Waals surface area contributed by atoms with E-state index in [0.717, 1.165) is 29.3 Å². The van der Waals surface area contributed by atoms with Crippen LogP contribution in [0, 0.1) is 23.2 Å². The fraction of sp³-hybridized carbons (Fsp3) is 0.488. The van der Waals surface area contributed by atoms with Crippen molar-refractivity contribution in [1.82, 2.24) is 24.6 Å². The van der Waals surface area contributed by atoms with Gasteiger partial charge in [-0.25, -0.2) is 18.4 Å². The third-order valence-corrected chi connectivity index (χ3v) is 14.9. The van der Waals surface area contributed by atoms with Crippen molar-refractivity contribution in [3.63, 3.8) is 0 Å². The number of carbonyl (C=O) groups is 3. The van der Waals surface area contributed by atoms with E-state index in [1.165, 1.54) is 28.4 Å². The zero-order valence-electron chi connectivity index (χ0n) is 33.6. The number of aromatic nitrogens is 3. The number of halogens is 3. The largest absolute Gasteiger partial charge is 0.470 e. The first kappa shape index (κ1) is 41.8. The second-order valence-corrected chi connectivity index (χ2v) is 19.5. The topological polar surface area (TPSA) is 162 Å². The molecule has 2 amide bonds. The third-order valence-electron chi connectivity index (χ3n) is 12.2. The van der Waals surface area contributed by atoms with Crippen molar-refractivity contribution in [3.8, 4) is 17.3 Å². The number of amides is 2.